The minimum Gasteiger partial charge on any atom is -0.443 e. The van der Waals surface area contributed by atoms with E-state index in [0.717, 1.165) is 6.04 Å². The van der Waals surface area contributed by atoms with Gasteiger partial charge in [0.2, 0.25) is 0 Å². The average molecular weight is 612 g/mol. The van der Waals surface area contributed by atoms with Crippen molar-refractivity contribution in [3.63, 3.8) is 0 Å². The summed E-state index contributed by atoms with van der Waals surface area (Å²) in [7, 11) is -1.37. The number of alkyl halides is 2. The van der Waals surface area contributed by atoms with Crippen molar-refractivity contribution in [3.8, 4) is 11.8 Å². The quantitative estimate of drug-likeness (QED) is 0.159. The van der Waals surface area contributed by atoms with Crippen molar-refractivity contribution in [3.05, 3.63) is 59.0 Å². The van der Waals surface area contributed by atoms with Gasteiger partial charge in [0, 0.05) is 31.8 Å². The maximum Gasteiger partial charge on any atom is 0.419 e. The number of hydrogen-bond acceptors (Lipinski definition) is 7. The summed E-state index contributed by atoms with van der Waals surface area (Å²) in [5.74, 6) is 0.183. The molecule has 0 fully saturated rings. The lowest BCUT2D eigenvalue weighted by molar-refractivity contribution is -0.0508. The normalized spacial score (nSPS) is 13.8. The number of aryl methyl sites for hydroxylation is 1. The molecule has 12 heteroatoms. The van der Waals surface area contributed by atoms with Crippen molar-refractivity contribution < 1.29 is 27.8 Å². The lowest BCUT2D eigenvalue weighted by Crippen LogP contribution is -2.38. The van der Waals surface area contributed by atoms with Crippen molar-refractivity contribution in [1.29, 1.82) is 5.26 Å². The van der Waals surface area contributed by atoms with Crippen LogP contribution >= 0.6 is 0 Å². The molecule has 0 saturated carbocycles. The Hall–Kier alpha value is -3.79. The van der Waals surface area contributed by atoms with Crippen molar-refractivity contribution in [1.82, 2.24) is 14.1 Å². The molecular weight excluding hydrogens is 572 g/mol. The maximum absolute atomic E-state index is 13.8. The summed E-state index contributed by atoms with van der Waals surface area (Å²) in [6.07, 6.45) is 0.906. The van der Waals surface area contributed by atoms with Crippen LogP contribution in [0.25, 0.3) is 21.9 Å². The minimum atomic E-state index is -3.12. The van der Waals surface area contributed by atoms with Gasteiger partial charge in [-0.1, -0.05) is 19.6 Å². The molecule has 4 aromatic rings. The smallest absolute Gasteiger partial charge is 0.419 e. The second kappa shape index (κ2) is 11.7. The number of halogens is 2. The monoisotopic (exact) mass is 611 g/mol. The number of ether oxygens (including phenoxy) is 3. The molecule has 0 spiro atoms. The second-order valence-corrected chi connectivity index (χ2v) is 18.7. The number of rotatable bonds is 9. The van der Waals surface area contributed by atoms with Crippen LogP contribution in [0.15, 0.2) is 36.5 Å². The van der Waals surface area contributed by atoms with Crippen LogP contribution < -0.4 is 10.5 Å². The Balaban J connectivity index is 1.94. The number of nitriles is 1. The number of aromatic nitrogens is 3. The van der Waals surface area contributed by atoms with E-state index in [1.54, 1.807) is 63.5 Å². The average Bonchev–Trinajstić information content (AvgIpc) is 3.47. The molecule has 2 N–H and O–H groups in total. The summed E-state index contributed by atoms with van der Waals surface area (Å²) in [5, 5.41) is 9.92. The SMILES string of the molecule is Cc1cc(OC(F)F)c(C(C)(N)c2nc3cc(C#N)ccc3n2COCC[Si](C)(C)C)c2ccn(C(=O)OC(C)(C)C)c12. The molecule has 4 rings (SSSR count). The van der Waals surface area contributed by atoms with Crippen LogP contribution in [-0.4, -0.2) is 47.1 Å². The third-order valence-corrected chi connectivity index (χ3v) is 8.71. The molecule has 2 aromatic carbocycles. The lowest BCUT2D eigenvalue weighted by atomic mass is 9.87. The molecule has 0 aliphatic heterocycles. The zero-order valence-corrected chi connectivity index (χ0v) is 26.9. The van der Waals surface area contributed by atoms with Gasteiger partial charge < -0.3 is 24.5 Å². The zero-order chi connectivity index (χ0) is 31.9. The number of nitrogens with two attached hydrogens (primary N) is 1. The van der Waals surface area contributed by atoms with Crippen LogP contribution in [-0.2, 0) is 21.7 Å². The number of carbonyl (C=O) groups is 1. The predicted octanol–water partition coefficient (Wildman–Crippen LogP) is 7.09. The van der Waals surface area contributed by atoms with Crippen LogP contribution in [0.2, 0.25) is 25.7 Å². The molecule has 1 atom stereocenters. The number of imidazole rings is 1. The molecule has 230 valence electrons. The third kappa shape index (κ3) is 6.90. The van der Waals surface area contributed by atoms with Gasteiger partial charge in [-0.15, -0.1) is 0 Å². The van der Waals surface area contributed by atoms with E-state index < -0.39 is 31.9 Å². The summed E-state index contributed by atoms with van der Waals surface area (Å²) < 4.78 is 47.4. The van der Waals surface area contributed by atoms with E-state index in [-0.39, 0.29) is 18.0 Å². The van der Waals surface area contributed by atoms with E-state index in [0.29, 0.717) is 45.5 Å². The van der Waals surface area contributed by atoms with Gasteiger partial charge in [0.05, 0.1) is 28.2 Å². The maximum atomic E-state index is 13.8. The van der Waals surface area contributed by atoms with E-state index >= 15 is 0 Å². The van der Waals surface area contributed by atoms with Crippen molar-refractivity contribution in [2.75, 3.05) is 6.61 Å². The Morgan fingerprint density at radius 2 is 1.86 bits per heavy atom. The Morgan fingerprint density at radius 3 is 2.47 bits per heavy atom. The molecule has 1 unspecified atom stereocenters. The van der Waals surface area contributed by atoms with E-state index in [1.165, 1.54) is 16.8 Å². The largest absolute Gasteiger partial charge is 0.443 e. The fourth-order valence-electron chi connectivity index (χ4n) is 5.07. The Labute approximate surface area is 251 Å². The second-order valence-electron chi connectivity index (χ2n) is 13.1. The molecule has 0 amide bonds. The van der Waals surface area contributed by atoms with Crippen LogP contribution in [0.3, 0.4) is 0 Å². The molecule has 0 radical (unpaired) electrons. The predicted molar refractivity (Wildman–Crippen MR) is 164 cm³/mol. The third-order valence-electron chi connectivity index (χ3n) is 7.01. The highest BCUT2D eigenvalue weighted by atomic mass is 28.3. The Morgan fingerprint density at radius 1 is 1.16 bits per heavy atom. The van der Waals surface area contributed by atoms with Crippen molar-refractivity contribution in [2.24, 2.45) is 5.73 Å². The number of fused-ring (bicyclic) bond motifs is 2. The van der Waals surface area contributed by atoms with Gasteiger partial charge in [-0.25, -0.2) is 9.78 Å². The molecular formula is C31H39F2N5O4Si. The number of nitrogens with zero attached hydrogens (tertiary/aromatic N) is 4. The molecule has 43 heavy (non-hydrogen) atoms. The van der Waals surface area contributed by atoms with Crippen LogP contribution in [0.1, 0.15) is 50.2 Å². The first kappa shape index (κ1) is 32.1. The van der Waals surface area contributed by atoms with Crippen LogP contribution in [0.5, 0.6) is 5.75 Å². The number of benzene rings is 2. The highest BCUT2D eigenvalue weighted by molar-refractivity contribution is 6.76. The standard InChI is InChI=1S/C31H39F2N5O4Si/c1-19-15-24(41-28(32)33)25(21-11-12-37(26(19)21)29(39)42-30(2,3)4)31(5,35)27-36-22-16-20(17-34)9-10-23(22)38(27)18-40-13-14-43(6,7)8/h9-12,15-16,28H,13-14,18,35H2,1-8H3. The molecule has 0 aliphatic rings. The van der Waals surface area contributed by atoms with E-state index in [9.17, 15) is 18.8 Å². The zero-order valence-electron chi connectivity index (χ0n) is 25.9. The van der Waals surface area contributed by atoms with E-state index in [4.69, 9.17) is 24.9 Å². The summed E-state index contributed by atoms with van der Waals surface area (Å²) in [6, 6.07) is 11.2. The molecule has 0 aliphatic carbocycles. The van der Waals surface area contributed by atoms with Gasteiger partial charge in [-0.05, 0) is 76.6 Å². The summed E-state index contributed by atoms with van der Waals surface area (Å²) in [5.41, 5.74) is 7.59. The Kier molecular flexibility index (Phi) is 8.75. The highest BCUT2D eigenvalue weighted by Gasteiger charge is 2.37. The first-order valence-electron chi connectivity index (χ1n) is 14.0. The minimum absolute atomic E-state index is 0.105. The van der Waals surface area contributed by atoms with Gasteiger partial charge in [0.15, 0.2) is 0 Å². The number of hydrogen-bond donors (Lipinski definition) is 1. The summed E-state index contributed by atoms with van der Waals surface area (Å²) in [6.45, 7) is 12.9. The molecule has 9 nitrogen and oxygen atoms in total. The topological polar surface area (TPSA) is 117 Å². The lowest BCUT2D eigenvalue weighted by Gasteiger charge is -2.29. The van der Waals surface area contributed by atoms with Crippen molar-refractivity contribution in [2.45, 2.75) is 84.8 Å². The molecule has 2 heterocycles. The molecule has 0 bridgehead atoms. The highest BCUT2D eigenvalue weighted by Crippen LogP contribution is 2.42. The van der Waals surface area contributed by atoms with Crippen LogP contribution in [0.4, 0.5) is 13.6 Å². The van der Waals surface area contributed by atoms with E-state index in [2.05, 4.69) is 25.7 Å². The van der Waals surface area contributed by atoms with Crippen LogP contribution in [0, 0.1) is 18.3 Å². The van der Waals surface area contributed by atoms with Gasteiger partial charge >= 0.3 is 12.7 Å². The van der Waals surface area contributed by atoms with Crippen molar-refractivity contribution >= 4 is 36.1 Å². The molecule has 0 saturated heterocycles. The van der Waals surface area contributed by atoms with Gasteiger partial charge in [0.1, 0.15) is 29.4 Å². The summed E-state index contributed by atoms with van der Waals surface area (Å²) in [4.78, 5) is 17.9. The summed E-state index contributed by atoms with van der Waals surface area (Å²) >= 11 is 0. The first-order valence-corrected chi connectivity index (χ1v) is 17.7. The first-order chi connectivity index (χ1) is 19.9. The van der Waals surface area contributed by atoms with E-state index in [1.807, 2.05) is 0 Å². The fourth-order valence-corrected chi connectivity index (χ4v) is 5.82. The van der Waals surface area contributed by atoms with Gasteiger partial charge in [-0.3, -0.25) is 4.57 Å². The van der Waals surface area contributed by atoms with Gasteiger partial charge in [-0.2, -0.15) is 14.0 Å². The number of carbonyl (C=O) groups excluding carboxylic acids is 1. The Bertz CT molecular complexity index is 1710. The fraction of sp³-hybridized carbons (Fsp3) is 0.452. The van der Waals surface area contributed by atoms with Gasteiger partial charge in [0.25, 0.3) is 0 Å². The molecule has 2 aromatic heterocycles.